The molecule has 2 aliphatic rings. The predicted octanol–water partition coefficient (Wildman–Crippen LogP) is 9.09. The Labute approximate surface area is 242 Å². The lowest BCUT2D eigenvalue weighted by atomic mass is 9.85. The van der Waals surface area contributed by atoms with Gasteiger partial charge in [-0.05, 0) is 61.1 Å². The van der Waals surface area contributed by atoms with Crippen LogP contribution in [0.3, 0.4) is 0 Å². The summed E-state index contributed by atoms with van der Waals surface area (Å²) in [6.45, 7) is 25.6. The average Bonchev–Trinajstić information content (AvgIpc) is 3.29. The number of para-hydroxylation sites is 1. The van der Waals surface area contributed by atoms with Crippen LogP contribution in [0.15, 0.2) is 95.4 Å². The molecular weight excluding hydrogens is 500 g/mol. The lowest BCUT2D eigenvalue weighted by Crippen LogP contribution is -2.40. The lowest BCUT2D eigenvalue weighted by molar-refractivity contribution is 0.303. The van der Waals surface area contributed by atoms with Crippen LogP contribution >= 0.6 is 11.6 Å². The van der Waals surface area contributed by atoms with Crippen LogP contribution in [0.4, 0.5) is 5.69 Å². The van der Waals surface area contributed by atoms with E-state index in [-0.39, 0.29) is 6.04 Å². The molecule has 2 aromatic rings. The highest BCUT2D eigenvalue weighted by molar-refractivity contribution is 6.30. The van der Waals surface area contributed by atoms with Crippen molar-refractivity contribution < 1.29 is 0 Å². The number of halogens is 1. The molecule has 4 rings (SSSR count). The van der Waals surface area contributed by atoms with Crippen molar-refractivity contribution in [2.75, 3.05) is 31.1 Å². The second kappa shape index (κ2) is 14.4. The maximum Gasteiger partial charge on any atom is 0.105 e. The van der Waals surface area contributed by atoms with E-state index in [2.05, 4.69) is 104 Å². The summed E-state index contributed by atoms with van der Waals surface area (Å²) >= 11 is 6.49. The maximum absolute atomic E-state index is 6.49. The van der Waals surface area contributed by atoms with Crippen molar-refractivity contribution in [3.05, 3.63) is 101 Å². The molecule has 5 heteroatoms. The number of benzene rings is 2. The molecule has 0 amide bonds. The lowest BCUT2D eigenvalue weighted by Gasteiger charge is -2.41. The molecule has 0 saturated carbocycles. The minimum atomic E-state index is 0.0694. The van der Waals surface area contributed by atoms with Gasteiger partial charge in [-0.1, -0.05) is 89.7 Å². The van der Waals surface area contributed by atoms with E-state index in [4.69, 9.17) is 16.6 Å². The van der Waals surface area contributed by atoms with Gasteiger partial charge in [0.15, 0.2) is 0 Å². The Morgan fingerprint density at radius 2 is 1.77 bits per heavy atom. The van der Waals surface area contributed by atoms with Gasteiger partial charge in [0.1, 0.15) is 11.7 Å². The smallest absolute Gasteiger partial charge is 0.105 e. The Morgan fingerprint density at radius 1 is 1.05 bits per heavy atom. The summed E-state index contributed by atoms with van der Waals surface area (Å²) in [5, 5.41) is 0.763. The first-order valence-electron chi connectivity index (χ1n) is 14.5. The van der Waals surface area contributed by atoms with Crippen LogP contribution in [0.2, 0.25) is 5.02 Å². The second-order valence-corrected chi connectivity index (χ2v) is 10.9. The number of hydrogen-bond donors (Lipinski definition) is 0. The summed E-state index contributed by atoms with van der Waals surface area (Å²) in [6, 6.07) is 18.9. The van der Waals surface area contributed by atoms with Gasteiger partial charge in [-0.25, -0.2) is 4.99 Å². The fourth-order valence-electron chi connectivity index (χ4n) is 5.64. The van der Waals surface area contributed by atoms with E-state index in [0.29, 0.717) is 5.92 Å². The first-order valence-corrected chi connectivity index (χ1v) is 14.9. The predicted molar refractivity (Wildman–Crippen MR) is 170 cm³/mol. The molecule has 4 nitrogen and oxygen atoms in total. The van der Waals surface area contributed by atoms with E-state index < -0.39 is 0 Å². The van der Waals surface area contributed by atoms with Gasteiger partial charge >= 0.3 is 0 Å². The molecule has 2 heterocycles. The van der Waals surface area contributed by atoms with Crippen molar-refractivity contribution >= 4 is 23.1 Å². The molecule has 1 atom stereocenters. The third kappa shape index (κ3) is 7.36. The molecule has 0 radical (unpaired) electrons. The molecule has 1 fully saturated rings. The molecule has 0 N–H and O–H groups in total. The first kappa shape index (κ1) is 30.6. The van der Waals surface area contributed by atoms with Crippen molar-refractivity contribution in [2.45, 2.75) is 66.8 Å². The number of aliphatic imine (C=N–C) groups is 1. The third-order valence-electron chi connectivity index (χ3n) is 7.28. The molecule has 1 unspecified atom stereocenters. The summed E-state index contributed by atoms with van der Waals surface area (Å²) in [6.07, 6.45) is 2.86. The molecule has 0 bridgehead atoms. The van der Waals surface area contributed by atoms with Crippen LogP contribution in [-0.2, 0) is 0 Å². The number of anilines is 1. The standard InChI is InChI=1S/C32H41ClN4.C2H6/c1-7-30-34-25(5)31(24(4)21-23(2)3)32(27-13-11-14-28(33)22-27)37(30)18-12-17-35-19-20-36(26(35)6)29-15-9-8-10-16-29;1-2/h8-11,13-16,22-23,32H,4,6-7,12,17-21H2,1-3,5H3;1-2H3. The van der Waals surface area contributed by atoms with E-state index in [1.54, 1.807) is 0 Å². The zero-order valence-electron chi connectivity index (χ0n) is 24.9. The zero-order chi connectivity index (χ0) is 28.5. The summed E-state index contributed by atoms with van der Waals surface area (Å²) in [4.78, 5) is 12.3. The monoisotopic (exact) mass is 546 g/mol. The number of amidine groups is 1. The number of hydrogen-bond acceptors (Lipinski definition) is 4. The van der Waals surface area contributed by atoms with Crippen LogP contribution in [0.25, 0.3) is 0 Å². The van der Waals surface area contributed by atoms with E-state index in [9.17, 15) is 0 Å². The van der Waals surface area contributed by atoms with Gasteiger partial charge in [0.05, 0.1) is 6.04 Å². The van der Waals surface area contributed by atoms with Crippen molar-refractivity contribution in [3.63, 3.8) is 0 Å². The molecule has 2 aromatic carbocycles. The van der Waals surface area contributed by atoms with Gasteiger partial charge in [0, 0.05) is 54.6 Å². The molecule has 0 aromatic heterocycles. The minimum Gasteiger partial charge on any atom is -0.357 e. The number of allylic oxidation sites excluding steroid dienone is 1. The Hall–Kier alpha value is -2.98. The zero-order valence-corrected chi connectivity index (χ0v) is 25.6. The van der Waals surface area contributed by atoms with Crippen LogP contribution in [0.5, 0.6) is 0 Å². The van der Waals surface area contributed by atoms with Crippen molar-refractivity contribution in [3.8, 4) is 0 Å². The van der Waals surface area contributed by atoms with Crippen molar-refractivity contribution in [2.24, 2.45) is 10.9 Å². The van der Waals surface area contributed by atoms with Gasteiger partial charge in [0.2, 0.25) is 0 Å². The molecule has 0 spiro atoms. The average molecular weight is 547 g/mol. The Morgan fingerprint density at radius 3 is 2.41 bits per heavy atom. The highest BCUT2D eigenvalue weighted by atomic mass is 35.5. The summed E-state index contributed by atoms with van der Waals surface area (Å²) in [5.41, 5.74) is 5.91. The topological polar surface area (TPSA) is 22.1 Å². The summed E-state index contributed by atoms with van der Waals surface area (Å²) in [7, 11) is 0. The summed E-state index contributed by atoms with van der Waals surface area (Å²) in [5.74, 6) is 2.75. The van der Waals surface area contributed by atoms with Gasteiger partial charge in [0.25, 0.3) is 0 Å². The normalized spacial score (nSPS) is 17.4. The largest absolute Gasteiger partial charge is 0.357 e. The Bertz CT molecular complexity index is 1180. The third-order valence-corrected chi connectivity index (χ3v) is 7.52. The highest BCUT2D eigenvalue weighted by Gasteiger charge is 2.33. The molecule has 1 saturated heterocycles. The second-order valence-electron chi connectivity index (χ2n) is 10.5. The fourth-order valence-corrected chi connectivity index (χ4v) is 5.84. The van der Waals surface area contributed by atoms with Crippen LogP contribution < -0.4 is 4.90 Å². The highest BCUT2D eigenvalue weighted by Crippen LogP contribution is 2.41. The van der Waals surface area contributed by atoms with E-state index >= 15 is 0 Å². The summed E-state index contributed by atoms with van der Waals surface area (Å²) < 4.78 is 0. The van der Waals surface area contributed by atoms with E-state index in [1.807, 2.05) is 19.9 Å². The molecular formula is C34H47ClN4. The van der Waals surface area contributed by atoms with E-state index in [1.165, 1.54) is 22.4 Å². The van der Waals surface area contributed by atoms with Crippen LogP contribution in [0, 0.1) is 5.92 Å². The maximum atomic E-state index is 6.49. The number of nitrogens with zero attached hydrogens (tertiary/aromatic N) is 4. The fraction of sp³-hybridized carbons (Fsp3) is 0.441. The van der Waals surface area contributed by atoms with Crippen LogP contribution in [-0.4, -0.2) is 41.8 Å². The van der Waals surface area contributed by atoms with Gasteiger partial charge in [-0.2, -0.15) is 0 Å². The molecule has 2 aliphatic heterocycles. The van der Waals surface area contributed by atoms with Gasteiger partial charge in [-0.15, -0.1) is 0 Å². The molecule has 39 heavy (non-hydrogen) atoms. The Kier molecular flexibility index (Phi) is 11.3. The first-order chi connectivity index (χ1) is 18.8. The Balaban J connectivity index is 0.00000205. The van der Waals surface area contributed by atoms with Gasteiger partial charge in [-0.3, -0.25) is 0 Å². The SMILES string of the molecule is C=C(CC(C)C)C1=C(C)N=C(CC)N(CCCN2CCN(c3ccccc3)C2=C)C1c1cccc(Cl)c1.CC. The van der Waals surface area contributed by atoms with Crippen LogP contribution in [0.1, 0.15) is 72.4 Å². The van der Waals surface area contributed by atoms with Crippen molar-refractivity contribution in [1.29, 1.82) is 0 Å². The molecule has 210 valence electrons. The van der Waals surface area contributed by atoms with Crippen molar-refractivity contribution in [1.82, 2.24) is 9.80 Å². The van der Waals surface area contributed by atoms with Gasteiger partial charge < -0.3 is 14.7 Å². The molecule has 0 aliphatic carbocycles. The minimum absolute atomic E-state index is 0.0694. The number of rotatable bonds is 10. The quantitative estimate of drug-likeness (QED) is 0.296. The van der Waals surface area contributed by atoms with E-state index in [0.717, 1.165) is 67.8 Å².